The van der Waals surface area contributed by atoms with E-state index in [-0.39, 0.29) is 4.90 Å². The van der Waals surface area contributed by atoms with Crippen LogP contribution in [0.2, 0.25) is 0 Å². The first kappa shape index (κ1) is 20.8. The number of benzene rings is 2. The molecule has 0 aliphatic carbocycles. The van der Waals surface area contributed by atoms with Gasteiger partial charge in [0.05, 0.1) is 10.4 Å². The zero-order valence-corrected chi connectivity index (χ0v) is 17.8. The van der Waals surface area contributed by atoms with Gasteiger partial charge in [-0.3, -0.25) is 4.98 Å². The number of aryl methyl sites for hydroxylation is 1. The lowest BCUT2D eigenvalue weighted by Gasteiger charge is -2.32. The van der Waals surface area contributed by atoms with Crippen molar-refractivity contribution in [3.8, 4) is 11.1 Å². The SMILES string of the molecule is Cc1cnccc1-c1cccc(C(C)(NS(=O)(=O)c2ccccc2)C(Cl)Cl)c1. The van der Waals surface area contributed by atoms with Crippen molar-refractivity contribution >= 4 is 33.2 Å². The van der Waals surface area contributed by atoms with Crippen LogP contribution in [-0.2, 0) is 15.6 Å². The van der Waals surface area contributed by atoms with Gasteiger partial charge in [-0.2, -0.15) is 4.72 Å². The average molecular weight is 435 g/mol. The van der Waals surface area contributed by atoms with Crippen molar-refractivity contribution in [3.05, 3.63) is 84.2 Å². The molecule has 0 amide bonds. The molecule has 1 N–H and O–H groups in total. The minimum atomic E-state index is -3.83. The summed E-state index contributed by atoms with van der Waals surface area (Å²) in [6.45, 7) is 3.65. The van der Waals surface area contributed by atoms with Gasteiger partial charge >= 0.3 is 0 Å². The molecule has 0 aliphatic heterocycles. The molecule has 0 bridgehead atoms. The number of halogens is 2. The van der Waals surface area contributed by atoms with Crippen molar-refractivity contribution in [2.45, 2.75) is 29.1 Å². The molecule has 1 atom stereocenters. The third-order valence-electron chi connectivity index (χ3n) is 4.63. The van der Waals surface area contributed by atoms with Crippen molar-refractivity contribution in [1.29, 1.82) is 0 Å². The van der Waals surface area contributed by atoms with Gasteiger partial charge in [0.2, 0.25) is 10.0 Å². The molecule has 0 spiro atoms. The smallest absolute Gasteiger partial charge is 0.241 e. The van der Waals surface area contributed by atoms with Gasteiger partial charge in [0, 0.05) is 12.4 Å². The normalized spacial score (nSPS) is 14.0. The molecule has 7 heteroatoms. The summed E-state index contributed by atoms with van der Waals surface area (Å²) >= 11 is 12.5. The van der Waals surface area contributed by atoms with E-state index in [9.17, 15) is 8.42 Å². The molecule has 3 rings (SSSR count). The largest absolute Gasteiger partial charge is 0.264 e. The topological polar surface area (TPSA) is 59.1 Å². The Hall–Kier alpha value is -1.92. The van der Waals surface area contributed by atoms with Crippen molar-refractivity contribution < 1.29 is 8.42 Å². The highest BCUT2D eigenvalue weighted by Crippen LogP contribution is 2.35. The number of sulfonamides is 1. The van der Waals surface area contributed by atoms with Crippen molar-refractivity contribution in [3.63, 3.8) is 0 Å². The van der Waals surface area contributed by atoms with E-state index in [2.05, 4.69) is 9.71 Å². The van der Waals surface area contributed by atoms with E-state index in [0.29, 0.717) is 5.56 Å². The summed E-state index contributed by atoms with van der Waals surface area (Å²) in [5.74, 6) is 0. The standard InChI is InChI=1S/C21H20Cl2N2O2S/c1-15-14-24-12-11-19(15)16-7-6-8-17(13-16)21(2,20(22)23)25-28(26,27)18-9-4-3-5-10-18/h3-14,20,25H,1-2H3. The molecule has 28 heavy (non-hydrogen) atoms. The quantitative estimate of drug-likeness (QED) is 0.551. The fourth-order valence-electron chi connectivity index (χ4n) is 2.97. The van der Waals surface area contributed by atoms with E-state index in [0.717, 1.165) is 16.7 Å². The lowest BCUT2D eigenvalue weighted by Crippen LogP contribution is -2.48. The lowest BCUT2D eigenvalue weighted by molar-refractivity contribution is 0.459. The Kier molecular flexibility index (Phi) is 6.10. The minimum Gasteiger partial charge on any atom is -0.264 e. The number of nitrogens with zero attached hydrogens (tertiary/aromatic N) is 1. The summed E-state index contributed by atoms with van der Waals surface area (Å²) in [6.07, 6.45) is 3.50. The summed E-state index contributed by atoms with van der Waals surface area (Å²) in [7, 11) is -3.83. The molecular weight excluding hydrogens is 415 g/mol. The van der Waals surface area contributed by atoms with Crippen LogP contribution in [0.5, 0.6) is 0 Å². The number of hydrogen-bond donors (Lipinski definition) is 1. The predicted octanol–water partition coefficient (Wildman–Crippen LogP) is 5.05. The number of alkyl halides is 2. The zero-order chi connectivity index (χ0) is 20.4. The van der Waals surface area contributed by atoms with Gasteiger partial charge in [0.15, 0.2) is 0 Å². The van der Waals surface area contributed by atoms with Crippen LogP contribution in [0, 0.1) is 6.92 Å². The maximum Gasteiger partial charge on any atom is 0.241 e. The summed E-state index contributed by atoms with van der Waals surface area (Å²) in [5, 5.41) is 0. The van der Waals surface area contributed by atoms with E-state index in [1.807, 2.05) is 37.3 Å². The first-order valence-corrected chi connectivity index (χ1v) is 11.0. The molecule has 0 aliphatic rings. The molecule has 4 nitrogen and oxygen atoms in total. The second-order valence-corrected chi connectivity index (χ2v) is 9.47. The molecular formula is C21H20Cl2N2O2S. The maximum atomic E-state index is 12.9. The first-order chi connectivity index (χ1) is 13.2. The summed E-state index contributed by atoms with van der Waals surface area (Å²) in [6, 6.07) is 17.6. The lowest BCUT2D eigenvalue weighted by atomic mass is 9.91. The molecule has 0 radical (unpaired) electrons. The van der Waals surface area contributed by atoms with Crippen LogP contribution in [-0.4, -0.2) is 18.2 Å². The van der Waals surface area contributed by atoms with Gasteiger partial charge in [-0.15, -0.1) is 23.2 Å². The van der Waals surface area contributed by atoms with E-state index in [1.165, 1.54) is 12.1 Å². The zero-order valence-electron chi connectivity index (χ0n) is 15.4. The second kappa shape index (κ2) is 8.21. The Balaban J connectivity index is 2.05. The summed E-state index contributed by atoms with van der Waals surface area (Å²) in [5.41, 5.74) is 2.38. The number of hydrogen-bond acceptors (Lipinski definition) is 3. The molecule has 0 fully saturated rings. The highest BCUT2D eigenvalue weighted by Gasteiger charge is 2.38. The first-order valence-electron chi connectivity index (χ1n) is 8.63. The molecule has 0 saturated heterocycles. The van der Waals surface area contributed by atoms with Crippen LogP contribution in [0.1, 0.15) is 18.1 Å². The van der Waals surface area contributed by atoms with Gasteiger partial charge in [0.1, 0.15) is 4.84 Å². The van der Waals surface area contributed by atoms with Crippen LogP contribution in [0.3, 0.4) is 0 Å². The Labute approximate surface area is 175 Å². The van der Waals surface area contributed by atoms with Crippen LogP contribution in [0.25, 0.3) is 11.1 Å². The van der Waals surface area contributed by atoms with Gasteiger partial charge in [-0.25, -0.2) is 8.42 Å². The molecule has 1 heterocycles. The van der Waals surface area contributed by atoms with Crippen LogP contribution < -0.4 is 4.72 Å². The number of pyridine rings is 1. The molecule has 0 saturated carbocycles. The monoisotopic (exact) mass is 434 g/mol. The van der Waals surface area contributed by atoms with E-state index >= 15 is 0 Å². The van der Waals surface area contributed by atoms with Crippen molar-refractivity contribution in [1.82, 2.24) is 9.71 Å². The molecule has 146 valence electrons. The number of aromatic nitrogens is 1. The number of nitrogens with one attached hydrogen (secondary N) is 1. The molecule has 1 unspecified atom stereocenters. The molecule has 1 aromatic heterocycles. The van der Waals surface area contributed by atoms with Crippen LogP contribution in [0.15, 0.2) is 78.0 Å². The third-order valence-corrected chi connectivity index (χ3v) is 7.09. The Bertz CT molecular complexity index is 1070. The Morgan fingerprint density at radius 1 is 1.04 bits per heavy atom. The van der Waals surface area contributed by atoms with Crippen LogP contribution >= 0.6 is 23.2 Å². The van der Waals surface area contributed by atoms with Gasteiger partial charge in [0.25, 0.3) is 0 Å². The third kappa shape index (κ3) is 4.23. The van der Waals surface area contributed by atoms with Crippen LogP contribution in [0.4, 0.5) is 0 Å². The Morgan fingerprint density at radius 3 is 2.39 bits per heavy atom. The minimum absolute atomic E-state index is 0.149. The number of rotatable bonds is 6. The summed E-state index contributed by atoms with van der Waals surface area (Å²) in [4.78, 5) is 3.25. The van der Waals surface area contributed by atoms with Gasteiger partial charge in [-0.05, 0) is 60.4 Å². The molecule has 2 aromatic carbocycles. The average Bonchev–Trinajstić information content (AvgIpc) is 2.68. The molecule has 3 aromatic rings. The van der Waals surface area contributed by atoms with E-state index in [4.69, 9.17) is 23.2 Å². The van der Waals surface area contributed by atoms with Gasteiger partial charge < -0.3 is 0 Å². The predicted molar refractivity (Wildman–Crippen MR) is 114 cm³/mol. The van der Waals surface area contributed by atoms with E-state index < -0.39 is 20.4 Å². The Morgan fingerprint density at radius 2 is 1.75 bits per heavy atom. The fraction of sp³-hybridized carbons (Fsp3) is 0.190. The second-order valence-electron chi connectivity index (χ2n) is 6.69. The maximum absolute atomic E-state index is 12.9. The van der Waals surface area contributed by atoms with Crippen molar-refractivity contribution in [2.75, 3.05) is 0 Å². The fourth-order valence-corrected chi connectivity index (χ4v) is 4.89. The summed E-state index contributed by atoms with van der Waals surface area (Å²) < 4.78 is 28.5. The highest BCUT2D eigenvalue weighted by atomic mass is 35.5. The highest BCUT2D eigenvalue weighted by molar-refractivity contribution is 7.89. The van der Waals surface area contributed by atoms with E-state index in [1.54, 1.807) is 37.5 Å². The van der Waals surface area contributed by atoms with Crippen molar-refractivity contribution in [2.24, 2.45) is 0 Å². The van der Waals surface area contributed by atoms with Gasteiger partial charge in [-0.1, -0.05) is 36.4 Å².